The summed E-state index contributed by atoms with van der Waals surface area (Å²) in [5.41, 5.74) is 0.815. The molecule has 2 heteroatoms. The minimum Gasteiger partial charge on any atom is -0.311 e. The van der Waals surface area contributed by atoms with E-state index in [-0.39, 0.29) is 5.54 Å². The predicted molar refractivity (Wildman–Crippen MR) is 83.5 cm³/mol. The minimum absolute atomic E-state index is 0.255. The molecule has 0 amide bonds. The maximum atomic E-state index is 3.78. The van der Waals surface area contributed by atoms with Gasteiger partial charge in [-0.05, 0) is 64.3 Å². The predicted octanol–water partition coefficient (Wildman–Crippen LogP) is 3.67. The highest BCUT2D eigenvalue weighted by Gasteiger charge is 2.36. The molecule has 0 spiro atoms. The second-order valence-electron chi connectivity index (χ2n) is 8.29. The van der Waals surface area contributed by atoms with Gasteiger partial charge in [-0.25, -0.2) is 0 Å². The summed E-state index contributed by atoms with van der Waals surface area (Å²) >= 11 is 0. The standard InChI is InChI=1S/C17H34N2/c1-15-8-7-11-19(12-15)14-17(9-5-6-10-17)13-18-16(2,3)4/h15,18H,5-14H2,1-4H3. The Morgan fingerprint density at radius 1 is 1.16 bits per heavy atom. The fraction of sp³-hybridized carbons (Fsp3) is 1.00. The van der Waals surface area contributed by atoms with E-state index in [0.717, 1.165) is 5.92 Å². The molecule has 1 heterocycles. The minimum atomic E-state index is 0.255. The van der Waals surface area contributed by atoms with Gasteiger partial charge in [-0.3, -0.25) is 0 Å². The van der Waals surface area contributed by atoms with Crippen molar-refractivity contribution in [3.05, 3.63) is 0 Å². The van der Waals surface area contributed by atoms with Gasteiger partial charge in [0.15, 0.2) is 0 Å². The average Bonchev–Trinajstić information content (AvgIpc) is 2.75. The first-order chi connectivity index (χ1) is 8.89. The SMILES string of the molecule is CC1CCCN(CC2(CNC(C)(C)C)CCCC2)C1. The Morgan fingerprint density at radius 2 is 1.84 bits per heavy atom. The van der Waals surface area contributed by atoms with Gasteiger partial charge in [-0.1, -0.05) is 19.8 Å². The van der Waals surface area contributed by atoms with Crippen molar-refractivity contribution >= 4 is 0 Å². The third-order valence-corrected chi connectivity index (χ3v) is 4.96. The number of piperidine rings is 1. The van der Waals surface area contributed by atoms with Gasteiger partial charge in [0.25, 0.3) is 0 Å². The van der Waals surface area contributed by atoms with Gasteiger partial charge < -0.3 is 10.2 Å². The van der Waals surface area contributed by atoms with E-state index in [0.29, 0.717) is 5.41 Å². The van der Waals surface area contributed by atoms with Crippen LogP contribution >= 0.6 is 0 Å². The van der Waals surface area contributed by atoms with Crippen molar-refractivity contribution < 1.29 is 0 Å². The number of likely N-dealkylation sites (tertiary alicyclic amines) is 1. The van der Waals surface area contributed by atoms with Crippen LogP contribution < -0.4 is 5.32 Å². The van der Waals surface area contributed by atoms with Gasteiger partial charge in [-0.15, -0.1) is 0 Å². The Bertz CT molecular complexity index is 273. The normalized spacial score (nSPS) is 28.7. The molecule has 1 aliphatic carbocycles. The molecule has 1 unspecified atom stereocenters. The molecule has 2 aliphatic rings. The molecule has 1 atom stereocenters. The smallest absolute Gasteiger partial charge is 0.00967 e. The Balaban J connectivity index is 1.91. The molecule has 1 N–H and O–H groups in total. The first kappa shape index (κ1) is 15.3. The van der Waals surface area contributed by atoms with Crippen LogP contribution in [-0.4, -0.2) is 36.6 Å². The lowest BCUT2D eigenvalue weighted by atomic mass is 9.83. The molecular formula is C17H34N2. The summed E-state index contributed by atoms with van der Waals surface area (Å²) in [5, 5.41) is 3.78. The van der Waals surface area contributed by atoms with E-state index in [1.54, 1.807) is 0 Å². The molecule has 0 bridgehead atoms. The molecule has 1 saturated heterocycles. The lowest BCUT2D eigenvalue weighted by molar-refractivity contribution is 0.103. The third kappa shape index (κ3) is 4.75. The fourth-order valence-electron chi connectivity index (χ4n) is 3.87. The number of rotatable bonds is 4. The van der Waals surface area contributed by atoms with Crippen molar-refractivity contribution in [2.24, 2.45) is 11.3 Å². The van der Waals surface area contributed by atoms with Gasteiger partial charge in [0.05, 0.1) is 0 Å². The Hall–Kier alpha value is -0.0800. The van der Waals surface area contributed by atoms with E-state index in [2.05, 4.69) is 37.9 Å². The zero-order valence-corrected chi connectivity index (χ0v) is 13.6. The molecule has 0 aromatic rings. The second-order valence-corrected chi connectivity index (χ2v) is 8.29. The molecule has 2 fully saturated rings. The third-order valence-electron chi connectivity index (χ3n) is 4.96. The largest absolute Gasteiger partial charge is 0.311 e. The average molecular weight is 266 g/mol. The van der Waals surface area contributed by atoms with Gasteiger partial charge in [-0.2, -0.15) is 0 Å². The van der Waals surface area contributed by atoms with Crippen molar-refractivity contribution in [1.29, 1.82) is 0 Å². The number of hydrogen-bond donors (Lipinski definition) is 1. The Kier molecular flexibility index (Phi) is 4.94. The van der Waals surface area contributed by atoms with Crippen molar-refractivity contribution in [2.45, 2.75) is 71.8 Å². The lowest BCUT2D eigenvalue weighted by Crippen LogP contribution is -2.49. The highest BCUT2D eigenvalue weighted by atomic mass is 15.1. The van der Waals surface area contributed by atoms with Crippen LogP contribution in [0.5, 0.6) is 0 Å². The first-order valence-electron chi connectivity index (χ1n) is 8.36. The second kappa shape index (κ2) is 6.13. The molecule has 19 heavy (non-hydrogen) atoms. The molecule has 2 nitrogen and oxygen atoms in total. The molecule has 112 valence electrons. The fourth-order valence-corrected chi connectivity index (χ4v) is 3.87. The van der Waals surface area contributed by atoms with E-state index in [4.69, 9.17) is 0 Å². The number of nitrogens with one attached hydrogen (secondary N) is 1. The van der Waals surface area contributed by atoms with Crippen LogP contribution in [0.4, 0.5) is 0 Å². The van der Waals surface area contributed by atoms with E-state index in [1.165, 1.54) is 64.7 Å². The van der Waals surface area contributed by atoms with E-state index in [9.17, 15) is 0 Å². The molecule has 0 aromatic heterocycles. The molecule has 0 radical (unpaired) electrons. The summed E-state index contributed by atoms with van der Waals surface area (Å²) in [7, 11) is 0. The highest BCUT2D eigenvalue weighted by molar-refractivity contribution is 4.92. The van der Waals surface area contributed by atoms with Crippen LogP contribution in [0.3, 0.4) is 0 Å². The van der Waals surface area contributed by atoms with Gasteiger partial charge >= 0.3 is 0 Å². The summed E-state index contributed by atoms with van der Waals surface area (Å²) in [5.74, 6) is 0.905. The highest BCUT2D eigenvalue weighted by Crippen LogP contribution is 2.39. The topological polar surface area (TPSA) is 15.3 Å². The molecular weight excluding hydrogens is 232 g/mol. The van der Waals surface area contributed by atoms with Crippen LogP contribution in [0.1, 0.15) is 66.2 Å². The van der Waals surface area contributed by atoms with Crippen molar-refractivity contribution in [3.8, 4) is 0 Å². The maximum Gasteiger partial charge on any atom is 0.00967 e. The van der Waals surface area contributed by atoms with Crippen molar-refractivity contribution in [3.63, 3.8) is 0 Å². The van der Waals surface area contributed by atoms with Crippen LogP contribution in [0.15, 0.2) is 0 Å². The summed E-state index contributed by atoms with van der Waals surface area (Å²) in [6.45, 7) is 14.5. The van der Waals surface area contributed by atoms with Crippen LogP contribution in [0.25, 0.3) is 0 Å². The first-order valence-corrected chi connectivity index (χ1v) is 8.36. The van der Waals surface area contributed by atoms with Crippen LogP contribution in [0.2, 0.25) is 0 Å². The monoisotopic (exact) mass is 266 g/mol. The Labute approximate surface area is 120 Å². The Morgan fingerprint density at radius 3 is 2.42 bits per heavy atom. The molecule has 1 aliphatic heterocycles. The van der Waals surface area contributed by atoms with E-state index < -0.39 is 0 Å². The van der Waals surface area contributed by atoms with Gasteiger partial charge in [0, 0.05) is 25.2 Å². The van der Waals surface area contributed by atoms with Crippen molar-refractivity contribution in [1.82, 2.24) is 10.2 Å². The summed E-state index contributed by atoms with van der Waals surface area (Å²) in [6, 6.07) is 0. The molecule has 0 aromatic carbocycles. The van der Waals surface area contributed by atoms with Crippen molar-refractivity contribution in [2.75, 3.05) is 26.2 Å². The quantitative estimate of drug-likeness (QED) is 0.835. The molecule has 2 rings (SSSR count). The van der Waals surface area contributed by atoms with E-state index >= 15 is 0 Å². The zero-order chi connectivity index (χ0) is 13.9. The number of nitrogens with zero attached hydrogens (tertiary/aromatic N) is 1. The van der Waals surface area contributed by atoms with Gasteiger partial charge in [0.2, 0.25) is 0 Å². The van der Waals surface area contributed by atoms with Crippen LogP contribution in [0, 0.1) is 11.3 Å². The molecule has 1 saturated carbocycles. The summed E-state index contributed by atoms with van der Waals surface area (Å²) < 4.78 is 0. The maximum absolute atomic E-state index is 3.78. The lowest BCUT2D eigenvalue weighted by Gasteiger charge is -2.40. The number of hydrogen-bond acceptors (Lipinski definition) is 2. The zero-order valence-electron chi connectivity index (χ0n) is 13.6. The summed E-state index contributed by atoms with van der Waals surface area (Å²) in [6.07, 6.45) is 8.58. The summed E-state index contributed by atoms with van der Waals surface area (Å²) in [4.78, 5) is 2.75. The van der Waals surface area contributed by atoms with Crippen LogP contribution in [-0.2, 0) is 0 Å². The van der Waals surface area contributed by atoms with E-state index in [1.807, 2.05) is 0 Å². The van der Waals surface area contributed by atoms with Gasteiger partial charge in [0.1, 0.15) is 0 Å².